The van der Waals surface area contributed by atoms with Crippen LogP contribution in [0.25, 0.3) is 0 Å². The molecule has 3 N–H and O–H groups in total. The van der Waals surface area contributed by atoms with Crippen molar-refractivity contribution in [1.82, 2.24) is 5.32 Å². The van der Waals surface area contributed by atoms with E-state index in [4.69, 9.17) is 5.73 Å². The summed E-state index contributed by atoms with van der Waals surface area (Å²) in [5, 5.41) is 5.27. The number of rotatable bonds is 3. The van der Waals surface area contributed by atoms with Crippen molar-refractivity contribution in [3.8, 4) is 0 Å². The van der Waals surface area contributed by atoms with Gasteiger partial charge in [-0.3, -0.25) is 4.79 Å². The topological polar surface area (TPSA) is 55.1 Å². The molecule has 112 valence electrons. The number of thiophene rings is 1. The highest BCUT2D eigenvalue weighted by Gasteiger charge is 2.29. The molecule has 1 aromatic heterocycles. The molecule has 1 heterocycles. The highest BCUT2D eigenvalue weighted by Crippen LogP contribution is 2.31. The lowest BCUT2D eigenvalue weighted by Gasteiger charge is -2.20. The molecule has 20 heavy (non-hydrogen) atoms. The third kappa shape index (κ3) is 3.02. The van der Waals surface area contributed by atoms with Gasteiger partial charge in [0.25, 0.3) is 5.91 Å². The molecule has 0 aliphatic heterocycles. The van der Waals surface area contributed by atoms with Crippen LogP contribution < -0.4 is 11.1 Å². The Morgan fingerprint density at radius 3 is 2.90 bits per heavy atom. The zero-order chi connectivity index (χ0) is 13.2. The van der Waals surface area contributed by atoms with E-state index in [0.29, 0.717) is 12.5 Å². The predicted octanol–water partition coefficient (Wildman–Crippen LogP) is 2.91. The van der Waals surface area contributed by atoms with Crippen LogP contribution in [0.5, 0.6) is 0 Å². The molecule has 2 aliphatic carbocycles. The highest BCUT2D eigenvalue weighted by molar-refractivity contribution is 7.10. The van der Waals surface area contributed by atoms with Crippen molar-refractivity contribution in [1.29, 1.82) is 0 Å². The summed E-state index contributed by atoms with van der Waals surface area (Å²) in [4.78, 5) is 13.9. The molecule has 2 unspecified atom stereocenters. The Labute approximate surface area is 130 Å². The fourth-order valence-electron chi connectivity index (χ4n) is 3.44. The quantitative estimate of drug-likeness (QED) is 0.901. The molecule has 3 rings (SSSR count). The predicted molar refractivity (Wildman–Crippen MR) is 85.9 cm³/mol. The number of carbonyl (C=O) groups is 1. The number of nitrogens with two attached hydrogens (primary N) is 1. The van der Waals surface area contributed by atoms with E-state index in [1.54, 1.807) is 11.3 Å². The minimum absolute atomic E-state index is 0. The SMILES string of the molecule is Cl.NCC1CCCC1NC(=O)c1csc2c1CCCC2. The molecular weight excluding hydrogens is 292 g/mol. The van der Waals surface area contributed by atoms with E-state index < -0.39 is 0 Å². The van der Waals surface area contributed by atoms with E-state index >= 15 is 0 Å². The van der Waals surface area contributed by atoms with Gasteiger partial charge in [-0.05, 0) is 56.6 Å². The Morgan fingerprint density at radius 2 is 2.10 bits per heavy atom. The molecule has 0 spiro atoms. The maximum absolute atomic E-state index is 12.4. The summed E-state index contributed by atoms with van der Waals surface area (Å²) >= 11 is 1.76. The van der Waals surface area contributed by atoms with Crippen molar-refractivity contribution in [3.05, 3.63) is 21.4 Å². The minimum Gasteiger partial charge on any atom is -0.349 e. The average Bonchev–Trinajstić information content (AvgIpc) is 3.04. The molecule has 1 amide bonds. The van der Waals surface area contributed by atoms with E-state index in [1.807, 2.05) is 0 Å². The van der Waals surface area contributed by atoms with Crippen molar-refractivity contribution < 1.29 is 4.79 Å². The Morgan fingerprint density at radius 1 is 1.30 bits per heavy atom. The van der Waals surface area contributed by atoms with Crippen LogP contribution in [0.1, 0.15) is 52.9 Å². The van der Waals surface area contributed by atoms with Gasteiger partial charge in [0, 0.05) is 16.3 Å². The van der Waals surface area contributed by atoms with E-state index in [9.17, 15) is 4.79 Å². The second-order valence-electron chi connectivity index (χ2n) is 5.76. The Kier molecular flexibility index (Phi) is 5.47. The van der Waals surface area contributed by atoms with Crippen LogP contribution in [-0.4, -0.2) is 18.5 Å². The number of hydrogen-bond donors (Lipinski definition) is 2. The third-order valence-electron chi connectivity index (χ3n) is 4.58. The van der Waals surface area contributed by atoms with Crippen LogP contribution in [0.15, 0.2) is 5.38 Å². The Hall–Kier alpha value is -0.580. The Balaban J connectivity index is 0.00000147. The summed E-state index contributed by atoms with van der Waals surface area (Å²) in [6.07, 6.45) is 8.15. The number of aryl methyl sites for hydroxylation is 1. The first kappa shape index (κ1) is 15.8. The molecule has 1 fully saturated rings. The van der Waals surface area contributed by atoms with Crippen molar-refractivity contribution in [2.24, 2.45) is 11.7 Å². The Bertz CT molecular complexity index is 474. The van der Waals surface area contributed by atoms with Gasteiger partial charge in [-0.25, -0.2) is 0 Å². The minimum atomic E-state index is 0. The highest BCUT2D eigenvalue weighted by atomic mass is 35.5. The summed E-state index contributed by atoms with van der Waals surface area (Å²) in [6, 6.07) is 0.289. The van der Waals surface area contributed by atoms with Gasteiger partial charge in [-0.15, -0.1) is 23.7 Å². The molecule has 3 nitrogen and oxygen atoms in total. The van der Waals surface area contributed by atoms with Crippen LogP contribution >= 0.6 is 23.7 Å². The number of nitrogens with one attached hydrogen (secondary N) is 1. The number of amides is 1. The van der Waals surface area contributed by atoms with Gasteiger partial charge >= 0.3 is 0 Å². The average molecular weight is 315 g/mol. The fourth-order valence-corrected chi connectivity index (χ4v) is 4.57. The van der Waals surface area contributed by atoms with Gasteiger partial charge in [-0.2, -0.15) is 0 Å². The van der Waals surface area contributed by atoms with Crippen LogP contribution in [0, 0.1) is 5.92 Å². The summed E-state index contributed by atoms with van der Waals surface area (Å²) in [5.74, 6) is 0.600. The van der Waals surface area contributed by atoms with Gasteiger partial charge in [0.2, 0.25) is 0 Å². The molecule has 2 atom stereocenters. The third-order valence-corrected chi connectivity index (χ3v) is 5.67. The summed E-state index contributed by atoms with van der Waals surface area (Å²) in [5.41, 5.74) is 8.03. The zero-order valence-corrected chi connectivity index (χ0v) is 13.3. The van der Waals surface area contributed by atoms with Crippen molar-refractivity contribution >= 4 is 29.7 Å². The first-order chi connectivity index (χ1) is 9.29. The standard InChI is InChI=1S/C15H22N2OS.ClH/c16-8-10-4-3-6-13(10)17-15(18)12-9-19-14-7-2-1-5-11(12)14;/h9-10,13H,1-8,16H2,(H,17,18);1H. The van der Waals surface area contributed by atoms with Crippen LogP contribution in [0.4, 0.5) is 0 Å². The van der Waals surface area contributed by atoms with Gasteiger partial charge in [-0.1, -0.05) is 6.42 Å². The number of hydrogen-bond acceptors (Lipinski definition) is 3. The van der Waals surface area contributed by atoms with Crippen molar-refractivity contribution in [2.45, 2.75) is 51.0 Å². The molecule has 1 aromatic rings. The lowest BCUT2D eigenvalue weighted by Crippen LogP contribution is -2.40. The molecule has 0 bridgehead atoms. The molecule has 5 heteroatoms. The summed E-state index contributed by atoms with van der Waals surface area (Å²) in [7, 11) is 0. The second kappa shape index (κ2) is 6.92. The first-order valence-electron chi connectivity index (χ1n) is 7.39. The normalized spacial score (nSPS) is 24.9. The van der Waals surface area contributed by atoms with Crippen LogP contribution in [0.3, 0.4) is 0 Å². The second-order valence-corrected chi connectivity index (χ2v) is 6.73. The lowest BCUT2D eigenvalue weighted by atomic mass is 9.95. The smallest absolute Gasteiger partial charge is 0.252 e. The van der Waals surface area contributed by atoms with E-state index in [2.05, 4.69) is 10.7 Å². The number of carbonyl (C=O) groups excluding carboxylic acids is 1. The van der Waals surface area contributed by atoms with E-state index in [-0.39, 0.29) is 24.4 Å². The summed E-state index contributed by atoms with van der Waals surface area (Å²) < 4.78 is 0. The van der Waals surface area contributed by atoms with Gasteiger partial charge < -0.3 is 11.1 Å². The van der Waals surface area contributed by atoms with Gasteiger partial charge in [0.15, 0.2) is 0 Å². The zero-order valence-electron chi connectivity index (χ0n) is 11.7. The van der Waals surface area contributed by atoms with Crippen LogP contribution in [0.2, 0.25) is 0 Å². The molecule has 1 saturated carbocycles. The monoisotopic (exact) mass is 314 g/mol. The fraction of sp³-hybridized carbons (Fsp3) is 0.667. The summed E-state index contributed by atoms with van der Waals surface area (Å²) in [6.45, 7) is 0.687. The largest absolute Gasteiger partial charge is 0.349 e. The maximum atomic E-state index is 12.4. The lowest BCUT2D eigenvalue weighted by molar-refractivity contribution is 0.0928. The number of halogens is 1. The number of fused-ring (bicyclic) bond motifs is 1. The molecular formula is C15H23ClN2OS. The van der Waals surface area contributed by atoms with Crippen molar-refractivity contribution in [2.75, 3.05) is 6.54 Å². The van der Waals surface area contributed by atoms with Gasteiger partial charge in [0.05, 0.1) is 5.56 Å². The maximum Gasteiger partial charge on any atom is 0.252 e. The van der Waals surface area contributed by atoms with Gasteiger partial charge in [0.1, 0.15) is 0 Å². The molecule has 0 saturated heterocycles. The van der Waals surface area contributed by atoms with Crippen LogP contribution in [-0.2, 0) is 12.8 Å². The molecule has 0 radical (unpaired) electrons. The van der Waals surface area contributed by atoms with E-state index in [0.717, 1.165) is 31.2 Å². The molecule has 2 aliphatic rings. The van der Waals surface area contributed by atoms with E-state index in [1.165, 1.54) is 29.7 Å². The first-order valence-corrected chi connectivity index (χ1v) is 8.27. The molecule has 0 aromatic carbocycles. The van der Waals surface area contributed by atoms with Crippen molar-refractivity contribution in [3.63, 3.8) is 0 Å².